The number of hydrogen-bond acceptors (Lipinski definition) is 1. The Morgan fingerprint density at radius 3 is 2.50 bits per heavy atom. The van der Waals surface area contributed by atoms with Crippen LogP contribution in [-0.4, -0.2) is 5.78 Å². The lowest BCUT2D eigenvalue weighted by Gasteiger charge is -2.27. The standard InChI is InChI=1S/C14H15F3O/c1-9(13(18)10-4-2-5-10)11-6-3-7-12(8-11)14(15,16)17/h3,6-10H,2,4-5H2,1H3. The number of ketones is 1. The molecule has 0 heterocycles. The molecule has 0 amide bonds. The van der Waals surface area contributed by atoms with Gasteiger partial charge in [-0.1, -0.05) is 31.5 Å². The Bertz CT molecular complexity index is 447. The van der Waals surface area contributed by atoms with E-state index in [1.807, 2.05) is 0 Å². The van der Waals surface area contributed by atoms with Gasteiger partial charge in [0.2, 0.25) is 0 Å². The number of halogens is 3. The molecule has 1 nitrogen and oxygen atoms in total. The van der Waals surface area contributed by atoms with Gasteiger partial charge in [0.1, 0.15) is 5.78 Å². The Morgan fingerprint density at radius 1 is 1.33 bits per heavy atom. The van der Waals surface area contributed by atoms with Crippen LogP contribution in [0.1, 0.15) is 43.2 Å². The molecule has 1 saturated carbocycles. The zero-order valence-electron chi connectivity index (χ0n) is 10.1. The Balaban J connectivity index is 2.19. The van der Waals surface area contributed by atoms with Crippen molar-refractivity contribution in [2.45, 2.75) is 38.3 Å². The third kappa shape index (κ3) is 2.57. The molecule has 1 fully saturated rings. The minimum absolute atomic E-state index is 0.0505. The van der Waals surface area contributed by atoms with Gasteiger partial charge in [0.15, 0.2) is 0 Å². The fourth-order valence-electron chi connectivity index (χ4n) is 2.19. The molecule has 0 spiro atoms. The van der Waals surface area contributed by atoms with Gasteiger partial charge in [0.05, 0.1) is 5.56 Å². The molecule has 1 unspecified atom stereocenters. The predicted molar refractivity (Wildman–Crippen MR) is 62.2 cm³/mol. The molecule has 18 heavy (non-hydrogen) atoms. The van der Waals surface area contributed by atoms with Crippen LogP contribution in [0.15, 0.2) is 24.3 Å². The van der Waals surface area contributed by atoms with Gasteiger partial charge >= 0.3 is 6.18 Å². The molecule has 1 aromatic rings. The zero-order valence-corrected chi connectivity index (χ0v) is 10.1. The molecule has 98 valence electrons. The summed E-state index contributed by atoms with van der Waals surface area (Å²) in [6.07, 6.45) is -1.55. The van der Waals surface area contributed by atoms with Gasteiger partial charge in [-0.2, -0.15) is 13.2 Å². The Labute approximate surface area is 104 Å². The van der Waals surface area contributed by atoms with E-state index in [1.165, 1.54) is 6.07 Å². The molecule has 0 saturated heterocycles. The van der Waals surface area contributed by atoms with E-state index in [9.17, 15) is 18.0 Å². The molecule has 1 atom stereocenters. The number of Topliss-reactive ketones (excluding diaryl/α,β-unsaturated/α-hetero) is 1. The SMILES string of the molecule is CC(C(=O)C1CCC1)c1cccc(C(F)(F)F)c1. The van der Waals surface area contributed by atoms with Crippen molar-refractivity contribution in [2.24, 2.45) is 5.92 Å². The molecule has 2 rings (SSSR count). The number of alkyl halides is 3. The number of carbonyl (C=O) groups is 1. The summed E-state index contributed by atoms with van der Waals surface area (Å²) in [5.41, 5.74) is -0.227. The highest BCUT2D eigenvalue weighted by Gasteiger charge is 2.33. The summed E-state index contributed by atoms with van der Waals surface area (Å²) in [6, 6.07) is 5.07. The smallest absolute Gasteiger partial charge is 0.299 e. The Kier molecular flexibility index (Phi) is 3.46. The first-order valence-electron chi connectivity index (χ1n) is 6.10. The fraction of sp³-hybridized carbons (Fsp3) is 0.500. The van der Waals surface area contributed by atoms with Gasteiger partial charge in [-0.25, -0.2) is 0 Å². The third-order valence-electron chi connectivity index (χ3n) is 3.65. The Hall–Kier alpha value is -1.32. The van der Waals surface area contributed by atoms with Gasteiger partial charge in [-0.05, 0) is 24.5 Å². The molecule has 1 aliphatic carbocycles. The van der Waals surface area contributed by atoms with E-state index in [2.05, 4.69) is 0 Å². The highest BCUT2D eigenvalue weighted by molar-refractivity contribution is 5.88. The molecule has 0 bridgehead atoms. The van der Waals surface area contributed by atoms with Crippen molar-refractivity contribution in [1.29, 1.82) is 0 Å². The van der Waals surface area contributed by atoms with Crippen LogP contribution in [0.25, 0.3) is 0 Å². The van der Waals surface area contributed by atoms with E-state index in [4.69, 9.17) is 0 Å². The van der Waals surface area contributed by atoms with E-state index >= 15 is 0 Å². The van der Waals surface area contributed by atoms with Crippen molar-refractivity contribution >= 4 is 5.78 Å². The lowest BCUT2D eigenvalue weighted by molar-refractivity contribution is -0.137. The fourth-order valence-corrected chi connectivity index (χ4v) is 2.19. The van der Waals surface area contributed by atoms with Gasteiger partial charge in [-0.15, -0.1) is 0 Å². The molecule has 4 heteroatoms. The average Bonchev–Trinajstić information content (AvgIpc) is 2.24. The lowest BCUT2D eigenvalue weighted by atomic mass is 9.76. The van der Waals surface area contributed by atoms with E-state index < -0.39 is 17.7 Å². The largest absolute Gasteiger partial charge is 0.416 e. The normalized spacial score (nSPS) is 18.2. The highest BCUT2D eigenvalue weighted by Crippen LogP contribution is 2.35. The summed E-state index contributed by atoms with van der Waals surface area (Å²) < 4.78 is 37.8. The monoisotopic (exact) mass is 256 g/mol. The quantitative estimate of drug-likeness (QED) is 0.793. The second-order valence-corrected chi connectivity index (χ2v) is 4.88. The number of benzene rings is 1. The van der Waals surface area contributed by atoms with Crippen molar-refractivity contribution in [3.8, 4) is 0 Å². The summed E-state index contributed by atoms with van der Waals surface area (Å²) in [5, 5.41) is 0. The van der Waals surface area contributed by atoms with Crippen molar-refractivity contribution < 1.29 is 18.0 Å². The number of hydrogen-bond donors (Lipinski definition) is 0. The predicted octanol–water partition coefficient (Wildman–Crippen LogP) is 4.18. The lowest BCUT2D eigenvalue weighted by Crippen LogP contribution is -2.26. The van der Waals surface area contributed by atoms with Crippen LogP contribution in [0.2, 0.25) is 0 Å². The maximum absolute atomic E-state index is 12.6. The number of rotatable bonds is 3. The molecule has 1 aliphatic rings. The minimum atomic E-state index is -4.35. The second kappa shape index (κ2) is 4.75. The number of carbonyl (C=O) groups excluding carboxylic acids is 1. The molecule has 0 aliphatic heterocycles. The van der Waals surface area contributed by atoms with Crippen LogP contribution in [0.5, 0.6) is 0 Å². The molecular formula is C14H15F3O. The van der Waals surface area contributed by atoms with E-state index in [0.29, 0.717) is 5.56 Å². The topological polar surface area (TPSA) is 17.1 Å². The molecule has 1 aromatic carbocycles. The Morgan fingerprint density at radius 2 is 2.00 bits per heavy atom. The summed E-state index contributed by atoms with van der Waals surface area (Å²) in [4.78, 5) is 12.0. The van der Waals surface area contributed by atoms with Gasteiger partial charge in [0.25, 0.3) is 0 Å². The highest BCUT2D eigenvalue weighted by atomic mass is 19.4. The van der Waals surface area contributed by atoms with Crippen molar-refractivity contribution in [3.05, 3.63) is 35.4 Å². The van der Waals surface area contributed by atoms with E-state index in [1.54, 1.807) is 13.0 Å². The molecule has 0 N–H and O–H groups in total. The van der Waals surface area contributed by atoms with Crippen LogP contribution >= 0.6 is 0 Å². The minimum Gasteiger partial charge on any atom is -0.299 e. The maximum Gasteiger partial charge on any atom is 0.416 e. The van der Waals surface area contributed by atoms with Crippen LogP contribution < -0.4 is 0 Å². The van der Waals surface area contributed by atoms with Crippen molar-refractivity contribution in [3.63, 3.8) is 0 Å². The first-order valence-corrected chi connectivity index (χ1v) is 6.10. The average molecular weight is 256 g/mol. The van der Waals surface area contributed by atoms with E-state index in [0.717, 1.165) is 31.4 Å². The van der Waals surface area contributed by atoms with E-state index in [-0.39, 0.29) is 11.7 Å². The van der Waals surface area contributed by atoms with Crippen LogP contribution in [0.4, 0.5) is 13.2 Å². The van der Waals surface area contributed by atoms with Crippen LogP contribution in [0, 0.1) is 5.92 Å². The van der Waals surface area contributed by atoms with Crippen molar-refractivity contribution in [2.75, 3.05) is 0 Å². The molecular weight excluding hydrogens is 241 g/mol. The van der Waals surface area contributed by atoms with Gasteiger partial charge in [0, 0.05) is 11.8 Å². The first-order chi connectivity index (χ1) is 8.39. The third-order valence-corrected chi connectivity index (χ3v) is 3.65. The summed E-state index contributed by atoms with van der Waals surface area (Å²) in [6.45, 7) is 1.69. The summed E-state index contributed by atoms with van der Waals surface area (Å²) >= 11 is 0. The van der Waals surface area contributed by atoms with Gasteiger partial charge < -0.3 is 0 Å². The molecule has 0 radical (unpaired) electrons. The summed E-state index contributed by atoms with van der Waals surface area (Å²) in [7, 11) is 0. The van der Waals surface area contributed by atoms with Gasteiger partial charge in [-0.3, -0.25) is 4.79 Å². The van der Waals surface area contributed by atoms with Crippen molar-refractivity contribution in [1.82, 2.24) is 0 Å². The van der Waals surface area contributed by atoms with Crippen LogP contribution in [-0.2, 0) is 11.0 Å². The maximum atomic E-state index is 12.6. The zero-order chi connectivity index (χ0) is 13.3. The van der Waals surface area contributed by atoms with Crippen LogP contribution in [0.3, 0.4) is 0 Å². The molecule has 0 aromatic heterocycles. The first kappa shape index (κ1) is 13.1. The second-order valence-electron chi connectivity index (χ2n) is 4.88. The summed E-state index contributed by atoms with van der Waals surface area (Å²) in [5.74, 6) is -0.326.